The van der Waals surface area contributed by atoms with E-state index in [1.807, 2.05) is 39.0 Å². The van der Waals surface area contributed by atoms with E-state index >= 15 is 0 Å². The van der Waals surface area contributed by atoms with Crippen molar-refractivity contribution < 1.29 is 0 Å². The van der Waals surface area contributed by atoms with Crippen LogP contribution in [0.3, 0.4) is 0 Å². The van der Waals surface area contributed by atoms with Crippen LogP contribution in [0.25, 0.3) is 11.1 Å². The fourth-order valence-corrected chi connectivity index (χ4v) is 2.55. The molecule has 1 heterocycles. The summed E-state index contributed by atoms with van der Waals surface area (Å²) in [5, 5.41) is 4.36. The third-order valence-corrected chi connectivity index (χ3v) is 4.63. The van der Waals surface area contributed by atoms with Gasteiger partial charge in [0.1, 0.15) is 0 Å². The van der Waals surface area contributed by atoms with Crippen molar-refractivity contribution in [3.8, 4) is 11.1 Å². The summed E-state index contributed by atoms with van der Waals surface area (Å²) in [5.41, 5.74) is 2.72. The highest BCUT2D eigenvalue weighted by Crippen LogP contribution is 2.28. The predicted molar refractivity (Wildman–Crippen MR) is 102 cm³/mol. The minimum atomic E-state index is -0.0171. The molecule has 4 nitrogen and oxygen atoms in total. The highest BCUT2D eigenvalue weighted by Gasteiger charge is 2.21. The normalized spacial score (nSPS) is 13.3. The summed E-state index contributed by atoms with van der Waals surface area (Å²) in [6.07, 6.45) is 4.23. The quantitative estimate of drug-likeness (QED) is 0.876. The van der Waals surface area contributed by atoms with Gasteiger partial charge in [-0.3, -0.25) is 9.36 Å². The van der Waals surface area contributed by atoms with E-state index in [4.69, 9.17) is 0 Å². The second kappa shape index (κ2) is 7.74. The van der Waals surface area contributed by atoms with E-state index in [-0.39, 0.29) is 5.56 Å². The van der Waals surface area contributed by atoms with Crippen LogP contribution in [0.4, 0.5) is 5.95 Å². The number of nitrogens with zero attached hydrogens (tertiary/aromatic N) is 2. The fourth-order valence-electron chi connectivity index (χ4n) is 2.27. The van der Waals surface area contributed by atoms with Gasteiger partial charge in [-0.2, -0.15) is 0 Å². The molecule has 124 valence electrons. The summed E-state index contributed by atoms with van der Waals surface area (Å²) in [4.78, 5) is 16.9. The lowest BCUT2D eigenvalue weighted by molar-refractivity contribution is 0.798. The SMILES string of the molecule is CC.Cc1ccc(-c2cnc(NCC3CC3)n(C)c2=O)cc1P. The monoisotopic (exact) mass is 331 g/mol. The number of anilines is 1. The number of benzene rings is 1. The van der Waals surface area contributed by atoms with Crippen molar-refractivity contribution in [1.82, 2.24) is 9.55 Å². The second-order valence-electron chi connectivity index (χ2n) is 5.76. The molecule has 1 aliphatic rings. The molecular formula is C18H26N3OP. The number of nitrogens with one attached hydrogen (secondary N) is 1. The van der Waals surface area contributed by atoms with Crippen molar-refractivity contribution >= 4 is 20.5 Å². The Morgan fingerprint density at radius 2 is 2.04 bits per heavy atom. The molecular weight excluding hydrogens is 305 g/mol. The van der Waals surface area contributed by atoms with Gasteiger partial charge in [-0.25, -0.2) is 4.98 Å². The summed E-state index contributed by atoms with van der Waals surface area (Å²) < 4.78 is 1.60. The van der Waals surface area contributed by atoms with Crippen molar-refractivity contribution in [2.24, 2.45) is 13.0 Å². The molecule has 1 saturated carbocycles. The molecule has 2 aromatic rings. The summed E-state index contributed by atoms with van der Waals surface area (Å²) >= 11 is 0. The van der Waals surface area contributed by atoms with Crippen molar-refractivity contribution in [3.05, 3.63) is 40.3 Å². The molecule has 0 radical (unpaired) electrons. The molecule has 23 heavy (non-hydrogen) atoms. The average molecular weight is 331 g/mol. The van der Waals surface area contributed by atoms with E-state index in [2.05, 4.69) is 19.5 Å². The largest absolute Gasteiger partial charge is 0.355 e. The molecule has 0 spiro atoms. The molecule has 0 bridgehead atoms. The Bertz CT molecular complexity index is 736. The predicted octanol–water partition coefficient (Wildman–Crippen LogP) is 3.10. The number of hydrogen-bond donors (Lipinski definition) is 1. The van der Waals surface area contributed by atoms with Gasteiger partial charge in [0.2, 0.25) is 5.95 Å². The first kappa shape index (κ1) is 17.7. The van der Waals surface area contributed by atoms with Crippen LogP contribution in [0.5, 0.6) is 0 Å². The fraction of sp³-hybridized carbons (Fsp3) is 0.444. The molecule has 1 fully saturated rings. The van der Waals surface area contributed by atoms with Crippen LogP contribution in [-0.4, -0.2) is 16.1 Å². The topological polar surface area (TPSA) is 46.9 Å². The van der Waals surface area contributed by atoms with Crippen LogP contribution < -0.4 is 16.2 Å². The first-order valence-corrected chi connectivity index (χ1v) is 8.80. The lowest BCUT2D eigenvalue weighted by atomic mass is 10.1. The number of hydrogen-bond acceptors (Lipinski definition) is 3. The van der Waals surface area contributed by atoms with Crippen molar-refractivity contribution in [3.63, 3.8) is 0 Å². The zero-order chi connectivity index (χ0) is 17.0. The van der Waals surface area contributed by atoms with Crippen LogP contribution in [0.15, 0.2) is 29.2 Å². The molecule has 1 aromatic carbocycles. The number of rotatable bonds is 4. The number of aromatic nitrogens is 2. The van der Waals surface area contributed by atoms with Gasteiger partial charge in [0, 0.05) is 19.8 Å². The Morgan fingerprint density at radius 1 is 1.35 bits per heavy atom. The standard InChI is InChI=1S/C16H20N3OP.C2H6/c1-10-3-6-12(7-14(10)21)13-9-18-16(19(2)15(13)20)17-8-11-4-5-11;1-2/h3,6-7,9,11H,4-5,8,21H2,1-2H3,(H,17,18);1-2H3. The minimum absolute atomic E-state index is 0.0171. The van der Waals surface area contributed by atoms with Crippen molar-refractivity contribution in [2.45, 2.75) is 33.6 Å². The minimum Gasteiger partial charge on any atom is -0.355 e. The van der Waals surface area contributed by atoms with E-state index < -0.39 is 0 Å². The van der Waals surface area contributed by atoms with Crippen LogP contribution in [0.2, 0.25) is 0 Å². The molecule has 1 aromatic heterocycles. The van der Waals surface area contributed by atoms with E-state index in [1.54, 1.807) is 17.8 Å². The Hall–Kier alpha value is -1.67. The molecule has 0 aliphatic heterocycles. The third kappa shape index (κ3) is 4.20. The highest BCUT2D eigenvalue weighted by atomic mass is 31.0. The summed E-state index contributed by atoms with van der Waals surface area (Å²) in [7, 11) is 4.47. The van der Waals surface area contributed by atoms with Gasteiger partial charge in [-0.15, -0.1) is 9.24 Å². The first-order chi connectivity index (χ1) is 11.1. The maximum Gasteiger partial charge on any atom is 0.262 e. The molecule has 3 rings (SSSR count). The molecule has 1 atom stereocenters. The van der Waals surface area contributed by atoms with Crippen molar-refractivity contribution in [2.75, 3.05) is 11.9 Å². The van der Waals surface area contributed by atoms with Gasteiger partial charge < -0.3 is 5.32 Å². The Balaban J connectivity index is 0.000000924. The van der Waals surface area contributed by atoms with Gasteiger partial charge in [0.25, 0.3) is 5.56 Å². The van der Waals surface area contributed by atoms with Gasteiger partial charge in [-0.05, 0) is 48.2 Å². The summed E-state index contributed by atoms with van der Waals surface area (Å²) in [6, 6.07) is 6.00. The van der Waals surface area contributed by atoms with Gasteiger partial charge in [0.15, 0.2) is 0 Å². The zero-order valence-corrected chi connectivity index (χ0v) is 15.5. The first-order valence-electron chi connectivity index (χ1n) is 8.22. The Kier molecular flexibility index (Phi) is 5.95. The molecule has 1 aliphatic carbocycles. The summed E-state index contributed by atoms with van der Waals surface area (Å²) in [5.74, 6) is 1.40. The van der Waals surface area contributed by atoms with E-state index in [0.717, 1.165) is 23.3 Å². The zero-order valence-electron chi connectivity index (χ0n) is 14.4. The Morgan fingerprint density at radius 3 is 2.65 bits per heavy atom. The molecule has 0 saturated heterocycles. The van der Waals surface area contributed by atoms with Crippen LogP contribution in [0, 0.1) is 12.8 Å². The molecule has 1 unspecified atom stereocenters. The average Bonchev–Trinajstić information content (AvgIpc) is 3.38. The van der Waals surface area contributed by atoms with Gasteiger partial charge >= 0.3 is 0 Å². The van der Waals surface area contributed by atoms with Gasteiger partial charge in [0.05, 0.1) is 5.56 Å². The van der Waals surface area contributed by atoms with E-state index in [0.29, 0.717) is 11.5 Å². The summed E-state index contributed by atoms with van der Waals surface area (Å²) in [6.45, 7) is 6.95. The second-order valence-corrected chi connectivity index (χ2v) is 6.38. The molecule has 0 amide bonds. The maximum atomic E-state index is 12.5. The lowest BCUT2D eigenvalue weighted by Gasteiger charge is -2.11. The van der Waals surface area contributed by atoms with Crippen LogP contribution in [-0.2, 0) is 7.05 Å². The van der Waals surface area contributed by atoms with Gasteiger partial charge in [-0.1, -0.05) is 26.0 Å². The van der Waals surface area contributed by atoms with E-state index in [1.165, 1.54) is 18.4 Å². The molecule has 5 heteroatoms. The highest BCUT2D eigenvalue weighted by molar-refractivity contribution is 7.27. The maximum absolute atomic E-state index is 12.5. The number of aryl methyl sites for hydroxylation is 1. The van der Waals surface area contributed by atoms with Crippen molar-refractivity contribution in [1.29, 1.82) is 0 Å². The van der Waals surface area contributed by atoms with E-state index in [9.17, 15) is 4.79 Å². The third-order valence-electron chi connectivity index (χ3n) is 4.00. The van der Waals surface area contributed by atoms with Crippen LogP contribution in [0.1, 0.15) is 32.3 Å². The van der Waals surface area contributed by atoms with Crippen LogP contribution >= 0.6 is 9.24 Å². The smallest absolute Gasteiger partial charge is 0.262 e. The molecule has 1 N–H and O–H groups in total. The lowest BCUT2D eigenvalue weighted by Crippen LogP contribution is -2.24. The Labute approximate surface area is 140 Å².